The summed E-state index contributed by atoms with van der Waals surface area (Å²) in [5.41, 5.74) is 0.458. The molecule has 1 fully saturated rings. The van der Waals surface area contributed by atoms with Crippen LogP contribution >= 0.6 is 11.6 Å². The second-order valence-electron chi connectivity index (χ2n) is 6.28. The van der Waals surface area contributed by atoms with Crippen LogP contribution in [0.2, 0.25) is 5.02 Å². The number of piperidine rings is 1. The molecule has 0 amide bonds. The minimum absolute atomic E-state index is 0.145. The smallest absolute Gasteiger partial charge is 0.324 e. The van der Waals surface area contributed by atoms with Crippen LogP contribution in [0.5, 0.6) is 0 Å². The van der Waals surface area contributed by atoms with Crippen molar-refractivity contribution in [2.45, 2.75) is 36.8 Å². The molecule has 1 aliphatic rings. The number of carbonyl (C=O) groups is 1. The Morgan fingerprint density at radius 2 is 1.93 bits per heavy atom. The molecule has 2 aromatic carbocycles. The van der Waals surface area contributed by atoms with Crippen LogP contribution in [0.25, 0.3) is 0 Å². The van der Waals surface area contributed by atoms with Crippen LogP contribution in [0.15, 0.2) is 53.4 Å². The summed E-state index contributed by atoms with van der Waals surface area (Å²) in [4.78, 5) is 12.7. The average molecular weight is 412 g/mol. The molecule has 5 nitrogen and oxygen atoms in total. The Hall–Kier alpha value is -1.96. The third kappa shape index (κ3) is 4.48. The van der Waals surface area contributed by atoms with Crippen LogP contribution < -0.4 is 0 Å². The van der Waals surface area contributed by atoms with Crippen LogP contribution in [-0.2, 0) is 26.2 Å². The summed E-state index contributed by atoms with van der Waals surface area (Å²) in [7, 11) is -3.80. The first-order chi connectivity index (χ1) is 12.9. The topological polar surface area (TPSA) is 63.7 Å². The molecule has 0 aromatic heterocycles. The van der Waals surface area contributed by atoms with Gasteiger partial charge in [-0.2, -0.15) is 4.31 Å². The lowest BCUT2D eigenvalue weighted by molar-refractivity contribution is -0.150. The number of sulfonamides is 1. The van der Waals surface area contributed by atoms with Gasteiger partial charge in [-0.3, -0.25) is 4.79 Å². The lowest BCUT2D eigenvalue weighted by Gasteiger charge is -2.33. The lowest BCUT2D eigenvalue weighted by Crippen LogP contribution is -2.48. The van der Waals surface area contributed by atoms with Crippen molar-refractivity contribution >= 4 is 27.6 Å². The number of halogens is 2. The molecule has 1 atom stereocenters. The fraction of sp³-hybridized carbons (Fsp3) is 0.316. The molecule has 0 aliphatic carbocycles. The van der Waals surface area contributed by atoms with Crippen molar-refractivity contribution in [3.05, 3.63) is 64.9 Å². The zero-order valence-electron chi connectivity index (χ0n) is 14.5. The van der Waals surface area contributed by atoms with Gasteiger partial charge in [0.05, 0.1) is 9.92 Å². The van der Waals surface area contributed by atoms with Crippen molar-refractivity contribution in [2.24, 2.45) is 0 Å². The number of hydrogen-bond acceptors (Lipinski definition) is 4. The van der Waals surface area contributed by atoms with E-state index in [1.54, 1.807) is 18.2 Å². The Kier molecular flexibility index (Phi) is 6.14. The van der Waals surface area contributed by atoms with E-state index in [0.717, 1.165) is 12.5 Å². The van der Waals surface area contributed by atoms with Crippen molar-refractivity contribution in [3.63, 3.8) is 0 Å². The minimum Gasteiger partial charge on any atom is -0.460 e. The normalized spacial score (nSPS) is 18.2. The molecule has 1 unspecified atom stereocenters. The Bertz CT molecular complexity index is 921. The van der Waals surface area contributed by atoms with Crippen LogP contribution in [0.1, 0.15) is 24.8 Å². The highest BCUT2D eigenvalue weighted by Crippen LogP contribution is 2.27. The highest BCUT2D eigenvalue weighted by molar-refractivity contribution is 7.89. The number of benzene rings is 2. The van der Waals surface area contributed by atoms with Gasteiger partial charge in [0.2, 0.25) is 10.0 Å². The predicted molar refractivity (Wildman–Crippen MR) is 99.2 cm³/mol. The SMILES string of the molecule is O=C(OCc1ccc(F)cc1Cl)C1CCCCN1S(=O)(=O)c1ccccc1. The van der Waals surface area contributed by atoms with Gasteiger partial charge < -0.3 is 4.74 Å². The Labute approximate surface area is 162 Å². The van der Waals surface area contributed by atoms with E-state index < -0.39 is 27.9 Å². The number of carbonyl (C=O) groups excluding carboxylic acids is 1. The van der Waals surface area contributed by atoms with Gasteiger partial charge >= 0.3 is 5.97 Å². The van der Waals surface area contributed by atoms with Crippen molar-refractivity contribution in [2.75, 3.05) is 6.54 Å². The van der Waals surface area contributed by atoms with Gasteiger partial charge in [0.25, 0.3) is 0 Å². The molecule has 1 saturated heterocycles. The maximum Gasteiger partial charge on any atom is 0.324 e. The number of nitrogens with zero attached hydrogens (tertiary/aromatic N) is 1. The summed E-state index contributed by atoms with van der Waals surface area (Å²) < 4.78 is 45.5. The standard InChI is InChI=1S/C19H19ClFNO4S/c20-17-12-15(21)10-9-14(17)13-26-19(23)18-8-4-5-11-22(18)27(24,25)16-6-2-1-3-7-16/h1-3,6-7,9-10,12,18H,4-5,8,11,13H2. The summed E-state index contributed by atoms with van der Waals surface area (Å²) in [5.74, 6) is -1.11. The second kappa shape index (κ2) is 8.37. The predicted octanol–water partition coefficient (Wildman–Crippen LogP) is 3.77. The third-order valence-corrected chi connectivity index (χ3v) is 6.73. The molecule has 2 aromatic rings. The maximum absolute atomic E-state index is 13.1. The van der Waals surface area contributed by atoms with E-state index >= 15 is 0 Å². The maximum atomic E-state index is 13.1. The van der Waals surface area contributed by atoms with Crippen molar-refractivity contribution in [3.8, 4) is 0 Å². The molecule has 3 rings (SSSR count). The van der Waals surface area contributed by atoms with Gasteiger partial charge in [-0.05, 0) is 43.5 Å². The van der Waals surface area contributed by atoms with Gasteiger partial charge in [0.15, 0.2) is 0 Å². The van der Waals surface area contributed by atoms with Gasteiger partial charge in [-0.15, -0.1) is 0 Å². The fourth-order valence-electron chi connectivity index (χ4n) is 3.04. The first-order valence-corrected chi connectivity index (χ1v) is 10.4. The molecule has 1 heterocycles. The van der Waals surface area contributed by atoms with E-state index in [-0.39, 0.29) is 23.1 Å². The summed E-state index contributed by atoms with van der Waals surface area (Å²) >= 11 is 5.94. The molecule has 144 valence electrons. The van der Waals surface area contributed by atoms with Gasteiger partial charge in [0.1, 0.15) is 18.5 Å². The highest BCUT2D eigenvalue weighted by Gasteiger charge is 2.38. The summed E-state index contributed by atoms with van der Waals surface area (Å²) in [5, 5.41) is 0.153. The van der Waals surface area contributed by atoms with E-state index in [2.05, 4.69) is 0 Å². The number of rotatable bonds is 5. The van der Waals surface area contributed by atoms with Gasteiger partial charge in [-0.1, -0.05) is 35.9 Å². The summed E-state index contributed by atoms with van der Waals surface area (Å²) in [6, 6.07) is 10.9. The minimum atomic E-state index is -3.80. The number of hydrogen-bond donors (Lipinski definition) is 0. The zero-order chi connectivity index (χ0) is 19.4. The molecule has 8 heteroatoms. The molecular formula is C19H19ClFNO4S. The quantitative estimate of drug-likeness (QED) is 0.702. The highest BCUT2D eigenvalue weighted by atomic mass is 35.5. The Morgan fingerprint density at radius 3 is 2.63 bits per heavy atom. The van der Waals surface area contributed by atoms with Crippen LogP contribution in [0.4, 0.5) is 4.39 Å². The van der Waals surface area contributed by atoms with Crippen molar-refractivity contribution < 1.29 is 22.3 Å². The monoisotopic (exact) mass is 411 g/mol. The summed E-state index contributed by atoms with van der Waals surface area (Å²) in [6.07, 6.45) is 1.81. The van der Waals surface area contributed by atoms with Crippen LogP contribution in [0.3, 0.4) is 0 Å². The third-order valence-electron chi connectivity index (χ3n) is 4.46. The average Bonchev–Trinajstić information content (AvgIpc) is 2.68. The largest absolute Gasteiger partial charge is 0.460 e. The lowest BCUT2D eigenvalue weighted by atomic mass is 10.1. The summed E-state index contributed by atoms with van der Waals surface area (Å²) in [6.45, 7) is 0.113. The first-order valence-electron chi connectivity index (χ1n) is 8.57. The number of esters is 1. The molecule has 0 radical (unpaired) electrons. The van der Waals surface area contributed by atoms with E-state index in [4.69, 9.17) is 16.3 Å². The molecule has 0 bridgehead atoms. The van der Waals surface area contributed by atoms with Crippen molar-refractivity contribution in [1.29, 1.82) is 0 Å². The molecule has 27 heavy (non-hydrogen) atoms. The molecule has 1 aliphatic heterocycles. The van der Waals surface area contributed by atoms with Gasteiger partial charge in [0, 0.05) is 12.1 Å². The zero-order valence-corrected chi connectivity index (χ0v) is 16.0. The second-order valence-corrected chi connectivity index (χ2v) is 8.58. The Morgan fingerprint density at radius 1 is 1.19 bits per heavy atom. The van der Waals surface area contributed by atoms with E-state index in [9.17, 15) is 17.6 Å². The van der Waals surface area contributed by atoms with E-state index in [0.29, 0.717) is 18.4 Å². The molecule has 0 N–H and O–H groups in total. The van der Waals surface area contributed by atoms with Crippen LogP contribution in [-0.4, -0.2) is 31.3 Å². The van der Waals surface area contributed by atoms with E-state index in [1.165, 1.54) is 28.6 Å². The Balaban J connectivity index is 1.76. The van der Waals surface area contributed by atoms with Crippen molar-refractivity contribution in [1.82, 2.24) is 4.31 Å². The molecule has 0 spiro atoms. The fourth-order valence-corrected chi connectivity index (χ4v) is 4.93. The number of ether oxygens (including phenoxy) is 1. The van der Waals surface area contributed by atoms with Crippen LogP contribution in [0, 0.1) is 5.82 Å². The molecule has 0 saturated carbocycles. The molecular weight excluding hydrogens is 393 g/mol. The first kappa shape index (κ1) is 19.8. The van der Waals surface area contributed by atoms with E-state index in [1.807, 2.05) is 0 Å². The van der Waals surface area contributed by atoms with Gasteiger partial charge in [-0.25, -0.2) is 12.8 Å².